The molecule has 0 radical (unpaired) electrons. The Labute approximate surface area is 169 Å². The first-order valence-corrected chi connectivity index (χ1v) is 11.2. The predicted molar refractivity (Wildman–Crippen MR) is 110 cm³/mol. The van der Waals surface area contributed by atoms with Crippen LogP contribution in [0.4, 0.5) is 11.5 Å². The van der Waals surface area contributed by atoms with Crippen LogP contribution in [0.1, 0.15) is 16.8 Å². The largest absolute Gasteiger partial charge is 0.353 e. The fourth-order valence-corrected chi connectivity index (χ4v) is 5.27. The number of amides is 1. The van der Waals surface area contributed by atoms with Gasteiger partial charge in [0.05, 0.1) is 16.5 Å². The van der Waals surface area contributed by atoms with Crippen LogP contribution < -0.4 is 9.21 Å². The lowest BCUT2D eigenvalue weighted by Crippen LogP contribution is -2.49. The Hall–Kier alpha value is -2.32. The number of anilines is 2. The van der Waals surface area contributed by atoms with Crippen molar-refractivity contribution in [3.8, 4) is 0 Å². The number of pyridine rings is 1. The molecule has 0 aliphatic carbocycles. The van der Waals surface area contributed by atoms with Gasteiger partial charge in [-0.2, -0.15) is 0 Å². The topological polar surface area (TPSA) is 73.8 Å². The van der Waals surface area contributed by atoms with Crippen LogP contribution in [-0.4, -0.2) is 62.7 Å². The maximum absolute atomic E-state index is 12.9. The Bertz CT molecular complexity index is 973. The molecule has 2 aliphatic heterocycles. The van der Waals surface area contributed by atoms with Crippen molar-refractivity contribution in [2.24, 2.45) is 0 Å². The monoisotopic (exact) mass is 420 g/mol. The second-order valence-corrected chi connectivity index (χ2v) is 9.36. The summed E-state index contributed by atoms with van der Waals surface area (Å²) in [6, 6.07) is 10.6. The number of piperazine rings is 1. The second-order valence-electron chi connectivity index (χ2n) is 6.91. The summed E-state index contributed by atoms with van der Waals surface area (Å²) >= 11 is 5.89. The van der Waals surface area contributed by atoms with Gasteiger partial charge in [0, 0.05) is 44.5 Å². The SMILES string of the molecule is O=C(c1cccc(N2CCCS2(=O)=O)c1)N1CCN(c2ccc(Cl)cn2)CC1. The molecule has 9 heteroatoms. The maximum Gasteiger partial charge on any atom is 0.254 e. The lowest BCUT2D eigenvalue weighted by atomic mass is 10.1. The number of aromatic nitrogens is 1. The minimum Gasteiger partial charge on any atom is -0.353 e. The first-order chi connectivity index (χ1) is 13.4. The van der Waals surface area contributed by atoms with Gasteiger partial charge in [-0.1, -0.05) is 17.7 Å². The van der Waals surface area contributed by atoms with Crippen LogP contribution in [0, 0.1) is 0 Å². The molecule has 1 amide bonds. The van der Waals surface area contributed by atoms with E-state index in [1.54, 1.807) is 41.4 Å². The van der Waals surface area contributed by atoms with Crippen molar-refractivity contribution >= 4 is 39.0 Å². The first-order valence-electron chi connectivity index (χ1n) is 9.20. The first kappa shape index (κ1) is 19.0. The molecule has 2 aromatic rings. The molecule has 148 valence electrons. The molecule has 0 bridgehead atoms. The van der Waals surface area contributed by atoms with Gasteiger partial charge in [0.25, 0.3) is 5.91 Å². The number of sulfonamides is 1. The van der Waals surface area contributed by atoms with Crippen molar-refractivity contribution in [3.05, 3.63) is 53.2 Å². The summed E-state index contributed by atoms with van der Waals surface area (Å²) in [4.78, 5) is 21.2. The molecule has 3 heterocycles. The zero-order chi connectivity index (χ0) is 19.7. The third-order valence-electron chi connectivity index (χ3n) is 5.08. The van der Waals surface area contributed by atoms with Gasteiger partial charge in [0.1, 0.15) is 5.82 Å². The van der Waals surface area contributed by atoms with Crippen molar-refractivity contribution in [1.29, 1.82) is 0 Å². The Morgan fingerprint density at radius 3 is 2.46 bits per heavy atom. The Balaban J connectivity index is 1.44. The molecule has 2 aliphatic rings. The minimum atomic E-state index is -3.26. The quantitative estimate of drug-likeness (QED) is 0.761. The number of hydrogen-bond acceptors (Lipinski definition) is 5. The summed E-state index contributed by atoms with van der Waals surface area (Å²) in [6.45, 7) is 2.98. The molecule has 0 spiro atoms. The fraction of sp³-hybridized carbons (Fsp3) is 0.368. The Morgan fingerprint density at radius 2 is 1.82 bits per heavy atom. The van der Waals surface area contributed by atoms with Gasteiger partial charge in [-0.05, 0) is 36.8 Å². The number of benzene rings is 1. The highest BCUT2D eigenvalue weighted by Gasteiger charge is 2.29. The number of halogens is 1. The van der Waals surface area contributed by atoms with Crippen LogP contribution in [0.25, 0.3) is 0 Å². The summed E-state index contributed by atoms with van der Waals surface area (Å²) in [5, 5.41) is 0.595. The maximum atomic E-state index is 12.9. The molecule has 7 nitrogen and oxygen atoms in total. The van der Waals surface area contributed by atoms with E-state index in [2.05, 4.69) is 9.88 Å². The summed E-state index contributed by atoms with van der Waals surface area (Å²) in [6.07, 6.45) is 2.23. The van der Waals surface area contributed by atoms with Gasteiger partial charge < -0.3 is 9.80 Å². The Morgan fingerprint density at radius 1 is 1.04 bits per heavy atom. The summed E-state index contributed by atoms with van der Waals surface area (Å²) < 4.78 is 25.7. The highest BCUT2D eigenvalue weighted by Crippen LogP contribution is 2.25. The molecular formula is C19H21ClN4O3S. The number of hydrogen-bond donors (Lipinski definition) is 0. The van der Waals surface area contributed by atoms with Gasteiger partial charge in [-0.15, -0.1) is 0 Å². The van der Waals surface area contributed by atoms with E-state index >= 15 is 0 Å². The summed E-state index contributed by atoms with van der Waals surface area (Å²) in [5.41, 5.74) is 1.07. The van der Waals surface area contributed by atoms with E-state index in [-0.39, 0.29) is 11.7 Å². The minimum absolute atomic E-state index is 0.0813. The number of rotatable bonds is 3. The summed E-state index contributed by atoms with van der Waals surface area (Å²) in [7, 11) is -3.26. The zero-order valence-electron chi connectivity index (χ0n) is 15.3. The van der Waals surface area contributed by atoms with E-state index in [0.717, 1.165) is 5.82 Å². The van der Waals surface area contributed by atoms with Gasteiger partial charge in [0.15, 0.2) is 0 Å². The molecule has 1 aromatic heterocycles. The van der Waals surface area contributed by atoms with Gasteiger partial charge >= 0.3 is 0 Å². The summed E-state index contributed by atoms with van der Waals surface area (Å²) in [5.74, 6) is 0.922. The zero-order valence-corrected chi connectivity index (χ0v) is 16.9. The molecule has 0 N–H and O–H groups in total. The number of carbonyl (C=O) groups excluding carboxylic acids is 1. The highest BCUT2D eigenvalue weighted by atomic mass is 35.5. The number of nitrogens with zero attached hydrogens (tertiary/aromatic N) is 4. The second kappa shape index (κ2) is 7.60. The van der Waals surface area contributed by atoms with Crippen molar-refractivity contribution in [2.45, 2.75) is 6.42 Å². The average Bonchev–Trinajstić information content (AvgIpc) is 3.07. The molecule has 0 saturated carbocycles. The highest BCUT2D eigenvalue weighted by molar-refractivity contribution is 7.93. The van der Waals surface area contributed by atoms with E-state index in [0.29, 0.717) is 55.4 Å². The lowest BCUT2D eigenvalue weighted by molar-refractivity contribution is 0.0746. The smallest absolute Gasteiger partial charge is 0.254 e. The molecular weight excluding hydrogens is 400 g/mol. The van der Waals surface area contributed by atoms with Gasteiger partial charge in [-0.3, -0.25) is 9.10 Å². The van der Waals surface area contributed by atoms with Crippen LogP contribution >= 0.6 is 11.6 Å². The molecule has 28 heavy (non-hydrogen) atoms. The number of carbonyl (C=O) groups is 1. The molecule has 0 unspecified atom stereocenters. The Kier molecular flexibility index (Phi) is 5.16. The van der Waals surface area contributed by atoms with Crippen molar-refractivity contribution in [2.75, 3.05) is 47.7 Å². The van der Waals surface area contributed by atoms with Crippen molar-refractivity contribution < 1.29 is 13.2 Å². The van der Waals surface area contributed by atoms with Crippen molar-refractivity contribution in [3.63, 3.8) is 0 Å². The van der Waals surface area contributed by atoms with Gasteiger partial charge in [-0.25, -0.2) is 13.4 Å². The van der Waals surface area contributed by atoms with Crippen LogP contribution in [0.2, 0.25) is 5.02 Å². The molecule has 4 rings (SSSR count). The third kappa shape index (κ3) is 3.79. The standard InChI is InChI=1S/C19H21ClN4O3S/c20-16-5-6-18(21-14-16)22-8-10-23(11-9-22)19(25)15-3-1-4-17(13-15)24-7-2-12-28(24,26)27/h1,3-6,13-14H,2,7-12H2. The van der Waals surface area contributed by atoms with E-state index in [1.807, 2.05) is 6.07 Å². The predicted octanol–water partition coefficient (Wildman–Crippen LogP) is 2.24. The third-order valence-corrected chi connectivity index (χ3v) is 7.18. The molecule has 2 fully saturated rings. The molecule has 1 aromatic carbocycles. The van der Waals surface area contributed by atoms with E-state index in [4.69, 9.17) is 11.6 Å². The van der Waals surface area contributed by atoms with Crippen LogP contribution in [0.5, 0.6) is 0 Å². The van der Waals surface area contributed by atoms with E-state index in [1.165, 1.54) is 4.31 Å². The van der Waals surface area contributed by atoms with Crippen molar-refractivity contribution in [1.82, 2.24) is 9.88 Å². The lowest BCUT2D eigenvalue weighted by Gasteiger charge is -2.35. The van der Waals surface area contributed by atoms with E-state index in [9.17, 15) is 13.2 Å². The van der Waals surface area contributed by atoms with Crippen LogP contribution in [-0.2, 0) is 10.0 Å². The molecule has 2 saturated heterocycles. The van der Waals surface area contributed by atoms with Gasteiger partial charge in [0.2, 0.25) is 10.0 Å². The van der Waals surface area contributed by atoms with Crippen LogP contribution in [0.15, 0.2) is 42.6 Å². The van der Waals surface area contributed by atoms with Crippen LogP contribution in [0.3, 0.4) is 0 Å². The fourth-order valence-electron chi connectivity index (χ4n) is 3.60. The average molecular weight is 421 g/mol. The normalized spacial score (nSPS) is 19.1. The van der Waals surface area contributed by atoms with E-state index < -0.39 is 10.0 Å². The molecule has 0 atom stereocenters.